The molecule has 2 aromatic carbocycles. The van der Waals surface area contributed by atoms with Crippen molar-refractivity contribution in [2.24, 2.45) is 0 Å². The number of para-hydroxylation sites is 2. The molecule has 0 heterocycles. The first kappa shape index (κ1) is 14.7. The molecular weight excluding hydrogens is 266 g/mol. The Labute approximate surface area is 124 Å². The second-order valence-corrected chi connectivity index (χ2v) is 4.83. The number of nitrogens with two attached hydrogens (primary N) is 1. The Bertz CT molecular complexity index is 654. The molecule has 0 atom stereocenters. The Morgan fingerprint density at radius 1 is 1.19 bits per heavy atom. The van der Waals surface area contributed by atoms with Gasteiger partial charge in [-0.15, -0.1) is 0 Å². The van der Waals surface area contributed by atoms with E-state index >= 15 is 0 Å². The largest absolute Gasteiger partial charge is 0.465 e. The molecule has 5 nitrogen and oxygen atoms in total. The third kappa shape index (κ3) is 3.25. The molecule has 0 unspecified atom stereocenters. The molecule has 0 radical (unpaired) electrons. The highest BCUT2D eigenvalue weighted by molar-refractivity contribution is 5.96. The van der Waals surface area contributed by atoms with Gasteiger partial charge in [0.1, 0.15) is 0 Å². The van der Waals surface area contributed by atoms with Crippen molar-refractivity contribution in [2.45, 2.75) is 0 Å². The van der Waals surface area contributed by atoms with Gasteiger partial charge in [-0.1, -0.05) is 12.1 Å². The van der Waals surface area contributed by atoms with E-state index in [9.17, 15) is 4.79 Å². The predicted octanol–water partition coefficient (Wildman–Crippen LogP) is 2.87. The van der Waals surface area contributed by atoms with Gasteiger partial charge in [-0.05, 0) is 30.3 Å². The van der Waals surface area contributed by atoms with Crippen LogP contribution in [0, 0.1) is 0 Å². The van der Waals surface area contributed by atoms with Crippen LogP contribution in [0.5, 0.6) is 0 Å². The highest BCUT2D eigenvalue weighted by Gasteiger charge is 2.11. The summed E-state index contributed by atoms with van der Waals surface area (Å²) in [6.45, 7) is 0. The number of rotatable bonds is 4. The van der Waals surface area contributed by atoms with Crippen molar-refractivity contribution < 1.29 is 9.53 Å². The third-order valence-electron chi connectivity index (χ3n) is 3.12. The zero-order chi connectivity index (χ0) is 15.4. The zero-order valence-corrected chi connectivity index (χ0v) is 12.4. The fourth-order valence-corrected chi connectivity index (χ4v) is 2.05. The zero-order valence-electron chi connectivity index (χ0n) is 12.4. The number of hydrogen-bond acceptors (Lipinski definition) is 5. The Hall–Kier alpha value is -2.69. The molecule has 0 amide bonds. The number of nitrogens with one attached hydrogen (secondary N) is 1. The van der Waals surface area contributed by atoms with Gasteiger partial charge in [-0.25, -0.2) is 4.79 Å². The number of anilines is 4. The fraction of sp³-hybridized carbons (Fsp3) is 0.188. The van der Waals surface area contributed by atoms with Crippen LogP contribution < -0.4 is 16.0 Å². The van der Waals surface area contributed by atoms with Gasteiger partial charge in [0, 0.05) is 25.5 Å². The van der Waals surface area contributed by atoms with E-state index in [1.807, 2.05) is 49.3 Å². The number of methoxy groups -OCH3 is 1. The van der Waals surface area contributed by atoms with E-state index in [1.165, 1.54) is 7.11 Å². The summed E-state index contributed by atoms with van der Waals surface area (Å²) < 4.78 is 4.73. The summed E-state index contributed by atoms with van der Waals surface area (Å²) in [5.74, 6) is -0.447. The van der Waals surface area contributed by atoms with Crippen LogP contribution in [0.1, 0.15) is 10.4 Å². The van der Waals surface area contributed by atoms with Crippen molar-refractivity contribution in [3.05, 3.63) is 48.0 Å². The quantitative estimate of drug-likeness (QED) is 0.668. The number of esters is 1. The average Bonchev–Trinajstić information content (AvgIpc) is 2.48. The van der Waals surface area contributed by atoms with E-state index in [0.717, 1.165) is 17.1 Å². The number of carbonyl (C=O) groups is 1. The Morgan fingerprint density at radius 3 is 2.57 bits per heavy atom. The highest BCUT2D eigenvalue weighted by atomic mass is 16.5. The van der Waals surface area contributed by atoms with Crippen LogP contribution >= 0.6 is 0 Å². The topological polar surface area (TPSA) is 67.6 Å². The number of benzene rings is 2. The summed E-state index contributed by atoms with van der Waals surface area (Å²) >= 11 is 0. The predicted molar refractivity (Wildman–Crippen MR) is 86.2 cm³/mol. The summed E-state index contributed by atoms with van der Waals surface area (Å²) in [5, 5.41) is 3.30. The average molecular weight is 285 g/mol. The molecule has 0 spiro atoms. The highest BCUT2D eigenvalue weighted by Crippen LogP contribution is 2.28. The number of ether oxygens (including phenoxy) is 1. The molecule has 0 aliphatic heterocycles. The van der Waals surface area contributed by atoms with E-state index in [1.54, 1.807) is 12.1 Å². The maximum atomic E-state index is 11.7. The molecule has 0 bridgehead atoms. The van der Waals surface area contributed by atoms with Crippen molar-refractivity contribution in [3.63, 3.8) is 0 Å². The smallest absolute Gasteiger partial charge is 0.340 e. The fourth-order valence-electron chi connectivity index (χ4n) is 2.05. The molecule has 3 N–H and O–H groups in total. The lowest BCUT2D eigenvalue weighted by atomic mass is 10.1. The van der Waals surface area contributed by atoms with Gasteiger partial charge >= 0.3 is 5.97 Å². The lowest BCUT2D eigenvalue weighted by molar-refractivity contribution is 0.0602. The van der Waals surface area contributed by atoms with E-state index < -0.39 is 5.97 Å². The van der Waals surface area contributed by atoms with Gasteiger partial charge in [0.25, 0.3) is 0 Å². The summed E-state index contributed by atoms with van der Waals surface area (Å²) in [6.07, 6.45) is 0. The first-order valence-corrected chi connectivity index (χ1v) is 6.54. The summed E-state index contributed by atoms with van der Waals surface area (Å²) in [7, 11) is 5.29. The Balaban J connectivity index is 2.35. The van der Waals surface area contributed by atoms with E-state index in [2.05, 4.69) is 5.32 Å². The van der Waals surface area contributed by atoms with Crippen molar-refractivity contribution in [2.75, 3.05) is 37.2 Å². The first-order chi connectivity index (χ1) is 10.0. The van der Waals surface area contributed by atoms with Crippen molar-refractivity contribution in [1.29, 1.82) is 0 Å². The van der Waals surface area contributed by atoms with Crippen LogP contribution in [-0.2, 0) is 4.74 Å². The van der Waals surface area contributed by atoms with Gasteiger partial charge in [0.05, 0.1) is 24.0 Å². The van der Waals surface area contributed by atoms with Crippen molar-refractivity contribution >= 4 is 28.7 Å². The molecule has 2 rings (SSSR count). The maximum Gasteiger partial charge on any atom is 0.340 e. The SMILES string of the molecule is COC(=O)c1cc(Nc2ccccc2N(C)C)ccc1N. The minimum atomic E-state index is -0.447. The molecule has 21 heavy (non-hydrogen) atoms. The lowest BCUT2D eigenvalue weighted by Crippen LogP contribution is -2.11. The molecule has 0 aromatic heterocycles. The van der Waals surface area contributed by atoms with E-state index in [4.69, 9.17) is 10.5 Å². The number of nitrogen functional groups attached to an aromatic ring is 1. The lowest BCUT2D eigenvalue weighted by Gasteiger charge is -2.18. The molecule has 0 saturated heterocycles. The standard InChI is InChI=1S/C16H19N3O2/c1-19(2)15-7-5-4-6-14(15)18-11-8-9-13(17)12(10-11)16(20)21-3/h4-10,18H,17H2,1-3H3. The molecule has 0 aliphatic rings. The minimum absolute atomic E-state index is 0.352. The maximum absolute atomic E-state index is 11.7. The number of carbonyl (C=O) groups excluding carboxylic acids is 1. The number of nitrogens with zero attached hydrogens (tertiary/aromatic N) is 1. The van der Waals surface area contributed by atoms with Gasteiger partial charge in [-0.3, -0.25) is 0 Å². The van der Waals surface area contributed by atoms with E-state index in [-0.39, 0.29) is 0 Å². The molecule has 5 heteroatoms. The van der Waals surface area contributed by atoms with Crippen LogP contribution in [-0.4, -0.2) is 27.2 Å². The minimum Gasteiger partial charge on any atom is -0.465 e. The van der Waals surface area contributed by atoms with Crippen LogP contribution in [0.3, 0.4) is 0 Å². The van der Waals surface area contributed by atoms with Crippen LogP contribution in [0.4, 0.5) is 22.7 Å². The summed E-state index contributed by atoms with van der Waals surface area (Å²) in [4.78, 5) is 13.7. The molecular formula is C16H19N3O2. The first-order valence-electron chi connectivity index (χ1n) is 6.54. The van der Waals surface area contributed by atoms with Crippen LogP contribution in [0.25, 0.3) is 0 Å². The monoisotopic (exact) mass is 285 g/mol. The van der Waals surface area contributed by atoms with Crippen molar-refractivity contribution in [3.8, 4) is 0 Å². The van der Waals surface area contributed by atoms with Gasteiger partial charge in [0.2, 0.25) is 0 Å². The molecule has 2 aromatic rings. The van der Waals surface area contributed by atoms with Gasteiger partial charge < -0.3 is 20.7 Å². The van der Waals surface area contributed by atoms with Crippen LogP contribution in [0.2, 0.25) is 0 Å². The van der Waals surface area contributed by atoms with Crippen molar-refractivity contribution in [1.82, 2.24) is 0 Å². The van der Waals surface area contributed by atoms with Gasteiger partial charge in [0.15, 0.2) is 0 Å². The summed E-state index contributed by atoms with van der Waals surface area (Å²) in [5.41, 5.74) is 9.32. The Kier molecular flexibility index (Phi) is 4.33. The van der Waals surface area contributed by atoms with Gasteiger partial charge in [-0.2, -0.15) is 0 Å². The second kappa shape index (κ2) is 6.17. The molecule has 0 saturated carbocycles. The third-order valence-corrected chi connectivity index (χ3v) is 3.12. The number of hydrogen-bond donors (Lipinski definition) is 2. The molecule has 0 aliphatic carbocycles. The summed E-state index contributed by atoms with van der Waals surface area (Å²) in [6, 6.07) is 13.1. The Morgan fingerprint density at radius 2 is 1.90 bits per heavy atom. The van der Waals surface area contributed by atoms with Crippen LogP contribution in [0.15, 0.2) is 42.5 Å². The molecule has 110 valence electrons. The normalized spacial score (nSPS) is 10.0. The molecule has 0 fully saturated rings. The van der Waals surface area contributed by atoms with E-state index in [0.29, 0.717) is 11.3 Å². The second-order valence-electron chi connectivity index (χ2n) is 4.83.